The average Bonchev–Trinajstić information content (AvgIpc) is 3.40. The molecule has 0 bridgehead atoms. The first kappa shape index (κ1) is 25.7. The third kappa shape index (κ3) is 5.72. The number of aromatic nitrogens is 1. The Balaban J connectivity index is 0.00000304. The highest BCUT2D eigenvalue weighted by Gasteiger charge is 2.34. The van der Waals surface area contributed by atoms with E-state index in [0.717, 1.165) is 56.3 Å². The maximum absolute atomic E-state index is 12.8. The summed E-state index contributed by atoms with van der Waals surface area (Å²) < 4.78 is 7.36. The van der Waals surface area contributed by atoms with Gasteiger partial charge in [0.25, 0.3) is 5.91 Å². The monoisotopic (exact) mass is 507 g/mol. The normalized spacial score (nSPS) is 20.3. The fraction of sp³-hybridized carbons (Fsp3) is 0.333. The minimum atomic E-state index is -0.165. The average molecular weight is 508 g/mol. The smallest absolute Gasteiger partial charge is 0.257 e. The summed E-state index contributed by atoms with van der Waals surface area (Å²) in [7, 11) is 0. The van der Waals surface area contributed by atoms with Crippen molar-refractivity contribution < 1.29 is 15.0 Å². The molecule has 36 heavy (non-hydrogen) atoms. The Morgan fingerprint density at radius 3 is 2.39 bits per heavy atom. The summed E-state index contributed by atoms with van der Waals surface area (Å²) in [4.78, 5) is 17.4. The van der Waals surface area contributed by atoms with Crippen LogP contribution in [-0.2, 0) is 4.74 Å². The SMILES string of the molecule is N#CC1CN(c2ccc(NC(=O)c3ccn(-c4ccc(Cl)cc4)c3)cc2)CCC1N1CCOCC1.O. The van der Waals surface area contributed by atoms with Crippen LogP contribution in [0, 0.1) is 17.2 Å². The number of nitrogens with one attached hydrogen (secondary N) is 1. The molecule has 2 aliphatic heterocycles. The quantitative estimate of drug-likeness (QED) is 0.568. The molecule has 5 rings (SSSR count). The second-order valence-corrected chi connectivity index (χ2v) is 9.41. The summed E-state index contributed by atoms with van der Waals surface area (Å²) in [6.45, 7) is 4.92. The van der Waals surface area contributed by atoms with E-state index >= 15 is 0 Å². The summed E-state index contributed by atoms with van der Waals surface area (Å²) >= 11 is 5.96. The first-order valence-corrected chi connectivity index (χ1v) is 12.3. The number of morpholine rings is 1. The Hall–Kier alpha value is -3.35. The Morgan fingerprint density at radius 1 is 1.00 bits per heavy atom. The van der Waals surface area contributed by atoms with Crippen molar-refractivity contribution in [3.05, 3.63) is 77.6 Å². The van der Waals surface area contributed by atoms with E-state index < -0.39 is 0 Å². The summed E-state index contributed by atoms with van der Waals surface area (Å²) in [5.41, 5.74) is 3.31. The number of hydrogen-bond donors (Lipinski definition) is 1. The lowest BCUT2D eigenvalue weighted by Gasteiger charge is -2.43. The molecule has 0 aliphatic carbocycles. The van der Waals surface area contributed by atoms with Crippen molar-refractivity contribution in [2.45, 2.75) is 12.5 Å². The third-order valence-electron chi connectivity index (χ3n) is 6.83. The van der Waals surface area contributed by atoms with Gasteiger partial charge in [-0.05, 0) is 61.0 Å². The maximum Gasteiger partial charge on any atom is 0.257 e. The van der Waals surface area contributed by atoms with Crippen LogP contribution in [0.25, 0.3) is 5.69 Å². The molecular formula is C27H30ClN5O3. The van der Waals surface area contributed by atoms with E-state index in [9.17, 15) is 10.1 Å². The molecule has 1 aromatic heterocycles. The van der Waals surface area contributed by atoms with Crippen molar-refractivity contribution in [2.24, 2.45) is 5.92 Å². The fourth-order valence-electron chi connectivity index (χ4n) is 4.91. The van der Waals surface area contributed by atoms with Gasteiger partial charge < -0.3 is 25.0 Å². The number of hydrogen-bond acceptors (Lipinski definition) is 5. The lowest BCUT2D eigenvalue weighted by molar-refractivity contribution is 0.00402. The third-order valence-corrected chi connectivity index (χ3v) is 7.08. The summed E-state index contributed by atoms with van der Waals surface area (Å²) in [6, 6.07) is 19.9. The van der Waals surface area contributed by atoms with Crippen LogP contribution in [0.4, 0.5) is 11.4 Å². The van der Waals surface area contributed by atoms with E-state index in [1.54, 1.807) is 12.3 Å². The Kier molecular flexibility index (Phi) is 8.28. The number of benzene rings is 2. The number of nitrogens with zero attached hydrogens (tertiary/aromatic N) is 4. The molecule has 1 amide bonds. The molecule has 8 nitrogen and oxygen atoms in total. The van der Waals surface area contributed by atoms with E-state index in [1.807, 2.05) is 59.3 Å². The number of halogens is 1. The van der Waals surface area contributed by atoms with E-state index in [-0.39, 0.29) is 17.3 Å². The Labute approximate surface area is 215 Å². The van der Waals surface area contributed by atoms with Crippen LogP contribution in [0.1, 0.15) is 16.8 Å². The van der Waals surface area contributed by atoms with E-state index in [2.05, 4.69) is 21.2 Å². The lowest BCUT2D eigenvalue weighted by Crippen LogP contribution is -2.53. The molecule has 2 fully saturated rings. The number of ether oxygens (including phenoxy) is 1. The number of piperidine rings is 1. The first-order chi connectivity index (χ1) is 17.1. The number of carbonyl (C=O) groups excluding carboxylic acids is 1. The molecule has 0 spiro atoms. The van der Waals surface area contributed by atoms with Crippen LogP contribution < -0.4 is 10.2 Å². The maximum atomic E-state index is 12.8. The standard InChI is InChI=1S/C27H28ClN5O2.H2O/c28-22-1-5-24(6-2-22)32-11-9-20(18-32)27(34)30-23-3-7-25(8-4-23)33-12-10-26(21(17-29)19-33)31-13-15-35-16-14-31;/h1-9,11,18,21,26H,10,12-16,19H2,(H,30,34);1H2. The van der Waals surface area contributed by atoms with Gasteiger partial charge in [-0.25, -0.2) is 0 Å². The molecule has 3 heterocycles. The highest BCUT2D eigenvalue weighted by atomic mass is 35.5. The Morgan fingerprint density at radius 2 is 1.69 bits per heavy atom. The fourth-order valence-corrected chi connectivity index (χ4v) is 5.04. The van der Waals surface area contributed by atoms with Gasteiger partial charge in [-0.3, -0.25) is 9.69 Å². The van der Waals surface area contributed by atoms with Crippen LogP contribution >= 0.6 is 11.6 Å². The molecule has 9 heteroatoms. The van der Waals surface area contributed by atoms with Crippen molar-refractivity contribution >= 4 is 28.9 Å². The predicted octanol–water partition coefficient (Wildman–Crippen LogP) is 3.61. The lowest BCUT2D eigenvalue weighted by atomic mass is 9.91. The van der Waals surface area contributed by atoms with Crippen LogP contribution in [0.2, 0.25) is 5.02 Å². The van der Waals surface area contributed by atoms with Crippen molar-refractivity contribution in [1.29, 1.82) is 5.26 Å². The van der Waals surface area contributed by atoms with Gasteiger partial charge in [-0.1, -0.05) is 11.6 Å². The zero-order valence-electron chi connectivity index (χ0n) is 19.9. The molecule has 2 saturated heterocycles. The Bertz CT molecular complexity index is 1200. The van der Waals surface area contributed by atoms with Crippen LogP contribution in [0.15, 0.2) is 67.0 Å². The van der Waals surface area contributed by atoms with Gasteiger partial charge in [0, 0.05) is 66.7 Å². The van der Waals surface area contributed by atoms with Gasteiger partial charge in [0.1, 0.15) is 0 Å². The minimum absolute atomic E-state index is 0. The first-order valence-electron chi connectivity index (χ1n) is 11.9. The summed E-state index contributed by atoms with van der Waals surface area (Å²) in [6.07, 6.45) is 4.61. The van der Waals surface area contributed by atoms with Gasteiger partial charge in [-0.15, -0.1) is 0 Å². The second kappa shape index (κ2) is 11.6. The number of rotatable bonds is 5. The van der Waals surface area contributed by atoms with Gasteiger partial charge in [-0.2, -0.15) is 5.26 Å². The van der Waals surface area contributed by atoms with Gasteiger partial charge >= 0.3 is 0 Å². The van der Waals surface area contributed by atoms with Crippen molar-refractivity contribution in [1.82, 2.24) is 9.47 Å². The molecule has 188 valence electrons. The number of anilines is 2. The van der Waals surface area contributed by atoms with E-state index in [4.69, 9.17) is 16.3 Å². The molecule has 2 aliphatic rings. The van der Waals surface area contributed by atoms with Gasteiger partial charge in [0.15, 0.2) is 0 Å². The van der Waals surface area contributed by atoms with Crippen molar-refractivity contribution in [3.63, 3.8) is 0 Å². The molecule has 0 radical (unpaired) electrons. The molecule has 3 N–H and O–H groups in total. The molecule has 2 aromatic carbocycles. The summed E-state index contributed by atoms with van der Waals surface area (Å²) in [5.74, 6) is -0.202. The molecule has 2 unspecified atom stereocenters. The molecular weight excluding hydrogens is 478 g/mol. The highest BCUT2D eigenvalue weighted by molar-refractivity contribution is 6.30. The van der Waals surface area contributed by atoms with Crippen LogP contribution in [0.5, 0.6) is 0 Å². The van der Waals surface area contributed by atoms with Gasteiger partial charge in [0.05, 0.1) is 30.8 Å². The van der Waals surface area contributed by atoms with Crippen molar-refractivity contribution in [3.8, 4) is 11.8 Å². The predicted molar refractivity (Wildman–Crippen MR) is 141 cm³/mol. The zero-order chi connectivity index (χ0) is 24.2. The molecule has 3 aromatic rings. The van der Waals surface area contributed by atoms with Gasteiger partial charge in [0.2, 0.25) is 0 Å². The highest BCUT2D eigenvalue weighted by Crippen LogP contribution is 2.28. The zero-order valence-corrected chi connectivity index (χ0v) is 20.7. The number of nitriles is 1. The van der Waals surface area contributed by atoms with E-state index in [1.165, 1.54) is 0 Å². The second-order valence-electron chi connectivity index (χ2n) is 8.97. The topological polar surface area (TPSA) is 105 Å². The van der Waals surface area contributed by atoms with E-state index in [0.29, 0.717) is 23.2 Å². The van der Waals surface area contributed by atoms with Crippen LogP contribution in [0.3, 0.4) is 0 Å². The largest absolute Gasteiger partial charge is 0.412 e. The molecule has 0 saturated carbocycles. The van der Waals surface area contributed by atoms with Crippen LogP contribution in [-0.4, -0.2) is 66.3 Å². The van der Waals surface area contributed by atoms with Crippen molar-refractivity contribution in [2.75, 3.05) is 49.6 Å². The number of carbonyl (C=O) groups is 1. The number of amides is 1. The minimum Gasteiger partial charge on any atom is -0.412 e. The summed E-state index contributed by atoms with van der Waals surface area (Å²) in [5, 5.41) is 13.4. The molecule has 2 atom stereocenters.